The van der Waals surface area contributed by atoms with Gasteiger partial charge in [-0.25, -0.2) is 13.8 Å². The van der Waals surface area contributed by atoms with Gasteiger partial charge >= 0.3 is 0 Å². The summed E-state index contributed by atoms with van der Waals surface area (Å²) < 4.78 is 36.5. The van der Waals surface area contributed by atoms with Crippen molar-refractivity contribution in [3.63, 3.8) is 0 Å². The second kappa shape index (κ2) is 11.3. The van der Waals surface area contributed by atoms with Crippen molar-refractivity contribution in [3.05, 3.63) is 89.5 Å². The summed E-state index contributed by atoms with van der Waals surface area (Å²) in [5.41, 5.74) is 5.65. The molecule has 0 aromatic heterocycles. The first kappa shape index (κ1) is 24.8. The fraction of sp³-hybridized carbons (Fsp3) is 0.200. The molecule has 0 aliphatic rings. The van der Waals surface area contributed by atoms with Gasteiger partial charge in [0.25, 0.3) is 5.91 Å². The highest BCUT2D eigenvalue weighted by atomic mass is 32.2. The predicted molar refractivity (Wildman–Crippen MR) is 133 cm³/mol. The molecule has 3 aromatic carbocycles. The van der Waals surface area contributed by atoms with Crippen LogP contribution in [0.15, 0.2) is 77.9 Å². The van der Waals surface area contributed by atoms with E-state index in [2.05, 4.69) is 10.5 Å². The average Bonchev–Trinajstić information content (AvgIpc) is 2.82. The summed E-state index contributed by atoms with van der Waals surface area (Å²) in [6.45, 7) is 2.06. The van der Waals surface area contributed by atoms with Crippen LogP contribution in [-0.4, -0.2) is 40.4 Å². The third-order valence-electron chi connectivity index (χ3n) is 4.85. The molecule has 0 atom stereocenters. The van der Waals surface area contributed by atoms with Crippen molar-refractivity contribution in [1.82, 2.24) is 5.43 Å². The highest BCUT2D eigenvalue weighted by Gasteiger charge is 2.23. The Bertz CT molecular complexity index is 1240. The molecular weight excluding hydrogens is 454 g/mol. The molecule has 0 fully saturated rings. The lowest BCUT2D eigenvalue weighted by atomic mass is 10.2. The molecule has 0 saturated carbocycles. The van der Waals surface area contributed by atoms with Crippen LogP contribution in [0.25, 0.3) is 0 Å². The molecule has 1 N–H and O–H groups in total. The third kappa shape index (κ3) is 7.08. The van der Waals surface area contributed by atoms with Crippen LogP contribution in [0.1, 0.15) is 16.7 Å². The first-order chi connectivity index (χ1) is 16.3. The van der Waals surface area contributed by atoms with Crippen molar-refractivity contribution in [3.8, 4) is 11.5 Å². The minimum Gasteiger partial charge on any atom is -0.495 e. The molecule has 34 heavy (non-hydrogen) atoms. The number of anilines is 1. The standard InChI is InChI=1S/C25H27N3O5S/c1-19-8-10-21(11-9-19)18-33-22-14-12-20(13-15-22)16-26-27-25(29)17-28(34(3,30)31)23-6-4-5-7-24(23)32-2/h4-16H,17-18H2,1-3H3,(H,27,29)/b26-16-. The van der Waals surface area contributed by atoms with Crippen LogP contribution in [0.4, 0.5) is 5.69 Å². The van der Waals surface area contributed by atoms with Crippen LogP contribution in [0.5, 0.6) is 11.5 Å². The minimum atomic E-state index is -3.73. The van der Waals surface area contributed by atoms with Gasteiger partial charge in [0.15, 0.2) is 0 Å². The lowest BCUT2D eigenvalue weighted by Gasteiger charge is -2.23. The van der Waals surface area contributed by atoms with Crippen LogP contribution in [0.3, 0.4) is 0 Å². The van der Waals surface area contributed by atoms with Gasteiger partial charge in [-0.05, 0) is 54.4 Å². The Kier molecular flexibility index (Phi) is 8.26. The first-order valence-corrected chi connectivity index (χ1v) is 12.3. The van der Waals surface area contributed by atoms with Gasteiger partial charge in [0.1, 0.15) is 24.7 Å². The minimum absolute atomic E-state index is 0.271. The van der Waals surface area contributed by atoms with E-state index in [1.165, 1.54) is 18.9 Å². The maximum atomic E-state index is 12.4. The number of methoxy groups -OCH3 is 1. The first-order valence-electron chi connectivity index (χ1n) is 10.5. The number of nitrogens with one attached hydrogen (secondary N) is 1. The highest BCUT2D eigenvalue weighted by Crippen LogP contribution is 2.29. The summed E-state index contributed by atoms with van der Waals surface area (Å²) in [7, 11) is -2.30. The van der Waals surface area contributed by atoms with Crippen LogP contribution >= 0.6 is 0 Å². The number of sulfonamides is 1. The normalized spacial score (nSPS) is 11.3. The quantitative estimate of drug-likeness (QED) is 0.353. The Morgan fingerprint density at radius 1 is 1.03 bits per heavy atom. The van der Waals surface area contributed by atoms with Crippen LogP contribution in [0, 0.1) is 6.92 Å². The van der Waals surface area contributed by atoms with E-state index in [4.69, 9.17) is 9.47 Å². The number of aryl methyl sites for hydroxylation is 1. The van der Waals surface area contributed by atoms with Crippen LogP contribution < -0.4 is 19.2 Å². The number of hydrogen-bond donors (Lipinski definition) is 1. The van der Waals surface area contributed by atoms with Crippen molar-refractivity contribution in [1.29, 1.82) is 0 Å². The fourth-order valence-electron chi connectivity index (χ4n) is 3.06. The van der Waals surface area contributed by atoms with Crippen LogP contribution in [0.2, 0.25) is 0 Å². The Labute approximate surface area is 199 Å². The zero-order valence-electron chi connectivity index (χ0n) is 19.3. The van der Waals surface area contributed by atoms with Gasteiger partial charge in [-0.15, -0.1) is 0 Å². The number of hydrogen-bond acceptors (Lipinski definition) is 6. The van der Waals surface area contributed by atoms with Crippen molar-refractivity contribution in [2.24, 2.45) is 5.10 Å². The summed E-state index contributed by atoms with van der Waals surface area (Å²) in [6.07, 6.45) is 2.49. The summed E-state index contributed by atoms with van der Waals surface area (Å²) in [5, 5.41) is 3.93. The molecule has 3 rings (SSSR count). The summed E-state index contributed by atoms with van der Waals surface area (Å²) in [4.78, 5) is 12.4. The molecule has 0 unspecified atom stereocenters. The molecule has 0 bridgehead atoms. The molecule has 0 aliphatic carbocycles. The molecular formula is C25H27N3O5S. The molecule has 0 radical (unpaired) electrons. The number of carbonyl (C=O) groups excluding carboxylic acids is 1. The monoisotopic (exact) mass is 481 g/mol. The second-order valence-corrected chi connectivity index (χ2v) is 9.48. The molecule has 178 valence electrons. The maximum absolute atomic E-state index is 12.4. The van der Waals surface area contributed by atoms with Gasteiger partial charge in [-0.3, -0.25) is 9.10 Å². The van der Waals surface area contributed by atoms with E-state index in [1.54, 1.807) is 36.4 Å². The molecule has 3 aromatic rings. The van der Waals surface area contributed by atoms with Gasteiger partial charge in [-0.2, -0.15) is 5.10 Å². The Hall–Kier alpha value is -3.85. The van der Waals surface area contributed by atoms with E-state index in [-0.39, 0.29) is 5.69 Å². The number of ether oxygens (including phenoxy) is 2. The molecule has 0 saturated heterocycles. The summed E-state index contributed by atoms with van der Waals surface area (Å²) in [5.74, 6) is 0.460. The molecule has 1 amide bonds. The summed E-state index contributed by atoms with van der Waals surface area (Å²) in [6, 6.07) is 21.9. The highest BCUT2D eigenvalue weighted by molar-refractivity contribution is 7.92. The van der Waals surface area contributed by atoms with Crippen molar-refractivity contribution >= 4 is 27.8 Å². The SMILES string of the molecule is COc1ccccc1N(CC(=O)N/N=C\c1ccc(OCc2ccc(C)cc2)cc1)S(C)(=O)=O. The van der Waals surface area contributed by atoms with Crippen molar-refractivity contribution in [2.45, 2.75) is 13.5 Å². The smallest absolute Gasteiger partial charge is 0.260 e. The number of rotatable bonds is 10. The summed E-state index contributed by atoms with van der Waals surface area (Å²) >= 11 is 0. The predicted octanol–water partition coefficient (Wildman–Crippen LogP) is 3.50. The topological polar surface area (TPSA) is 97.3 Å². The number of benzene rings is 3. The maximum Gasteiger partial charge on any atom is 0.260 e. The lowest BCUT2D eigenvalue weighted by Crippen LogP contribution is -2.39. The van der Waals surface area contributed by atoms with Gasteiger partial charge < -0.3 is 9.47 Å². The Balaban J connectivity index is 1.56. The second-order valence-electron chi connectivity index (χ2n) is 7.58. The van der Waals surface area contributed by atoms with Gasteiger partial charge in [0, 0.05) is 0 Å². The van der Waals surface area contributed by atoms with Crippen LogP contribution in [-0.2, 0) is 21.4 Å². The van der Waals surface area contributed by atoms with E-state index in [0.717, 1.165) is 21.7 Å². The fourth-order valence-corrected chi connectivity index (χ4v) is 3.92. The third-order valence-corrected chi connectivity index (χ3v) is 5.98. The van der Waals surface area contributed by atoms with E-state index in [0.29, 0.717) is 18.1 Å². The molecule has 0 aliphatic heterocycles. The number of carbonyl (C=O) groups is 1. The van der Waals surface area contributed by atoms with E-state index in [9.17, 15) is 13.2 Å². The van der Waals surface area contributed by atoms with Gasteiger partial charge in [0.2, 0.25) is 10.0 Å². The molecule has 0 spiro atoms. The lowest BCUT2D eigenvalue weighted by molar-refractivity contribution is -0.119. The number of hydrazone groups is 1. The number of para-hydroxylation sites is 2. The van der Waals surface area contributed by atoms with Crippen molar-refractivity contribution in [2.75, 3.05) is 24.2 Å². The molecule has 9 heteroatoms. The van der Waals surface area contributed by atoms with E-state index in [1.807, 2.05) is 43.3 Å². The van der Waals surface area contributed by atoms with Crippen molar-refractivity contribution < 1.29 is 22.7 Å². The Morgan fingerprint density at radius 3 is 2.35 bits per heavy atom. The zero-order valence-corrected chi connectivity index (χ0v) is 20.1. The van der Waals surface area contributed by atoms with Gasteiger partial charge in [0.05, 0.1) is 25.3 Å². The molecule has 0 heterocycles. The van der Waals surface area contributed by atoms with E-state index >= 15 is 0 Å². The molecule has 8 nitrogen and oxygen atoms in total. The van der Waals surface area contributed by atoms with E-state index < -0.39 is 22.5 Å². The average molecular weight is 482 g/mol. The number of nitrogens with zero attached hydrogens (tertiary/aromatic N) is 2. The van der Waals surface area contributed by atoms with Gasteiger partial charge in [-0.1, -0.05) is 42.0 Å². The largest absolute Gasteiger partial charge is 0.495 e. The zero-order chi connectivity index (χ0) is 24.6. The number of amides is 1. The Morgan fingerprint density at radius 2 is 1.71 bits per heavy atom.